The molecule has 102 valence electrons. The van der Waals surface area contributed by atoms with Gasteiger partial charge in [0.1, 0.15) is 0 Å². The maximum atomic E-state index is 12.4. The minimum atomic E-state index is 0.128. The van der Waals surface area contributed by atoms with E-state index in [1.165, 1.54) is 11.3 Å². The summed E-state index contributed by atoms with van der Waals surface area (Å²) in [5.74, 6) is 0.128. The van der Waals surface area contributed by atoms with Crippen molar-refractivity contribution in [3.05, 3.63) is 55.2 Å². The predicted octanol–water partition coefficient (Wildman–Crippen LogP) is 5.42. The molecule has 0 aliphatic heterocycles. The van der Waals surface area contributed by atoms with E-state index in [-0.39, 0.29) is 5.78 Å². The lowest BCUT2D eigenvalue weighted by Crippen LogP contribution is -2.10. The highest BCUT2D eigenvalue weighted by Crippen LogP contribution is 2.31. The number of carbonyl (C=O) groups excluding carboxylic acids is 1. The quantitative estimate of drug-likeness (QED) is 0.526. The van der Waals surface area contributed by atoms with E-state index in [0.717, 1.165) is 30.4 Å². The van der Waals surface area contributed by atoms with Crippen molar-refractivity contribution < 1.29 is 4.79 Å². The largest absolute Gasteiger partial charge is 0.336 e. The van der Waals surface area contributed by atoms with Crippen LogP contribution in [0.3, 0.4) is 0 Å². The number of fused-ring (bicyclic) bond motifs is 1. The van der Waals surface area contributed by atoms with E-state index < -0.39 is 0 Å². The Morgan fingerprint density at radius 1 is 1.25 bits per heavy atom. The van der Waals surface area contributed by atoms with E-state index >= 15 is 0 Å². The van der Waals surface area contributed by atoms with E-state index in [2.05, 4.69) is 42.5 Å². The van der Waals surface area contributed by atoms with Crippen molar-refractivity contribution in [2.24, 2.45) is 0 Å². The maximum Gasteiger partial charge on any atom is 0.193 e. The summed E-state index contributed by atoms with van der Waals surface area (Å²) in [5, 5.41) is 3.07. The average Bonchev–Trinajstić information content (AvgIpc) is 2.97. The number of aromatic nitrogens is 1. The highest BCUT2D eigenvalue weighted by molar-refractivity contribution is 9.11. The third kappa shape index (κ3) is 2.28. The van der Waals surface area contributed by atoms with Crippen LogP contribution in [0.1, 0.15) is 15.4 Å². The fourth-order valence-corrected chi connectivity index (χ4v) is 4.38. The van der Waals surface area contributed by atoms with Gasteiger partial charge in [0.2, 0.25) is 0 Å². The number of nitrogens with zero attached hydrogens (tertiary/aromatic N) is 1. The zero-order valence-corrected chi connectivity index (χ0v) is 14.7. The summed E-state index contributed by atoms with van der Waals surface area (Å²) in [5.41, 5.74) is 2.16. The zero-order valence-electron chi connectivity index (χ0n) is 10.7. The van der Waals surface area contributed by atoms with Gasteiger partial charge >= 0.3 is 0 Å². The van der Waals surface area contributed by atoms with Gasteiger partial charge < -0.3 is 4.57 Å². The molecule has 0 saturated carbocycles. The number of Topliss-reactive ketones (excluding diaryl/α,β-unsaturated/α-hetero) is 1. The summed E-state index contributed by atoms with van der Waals surface area (Å²) < 4.78 is 4.00. The Labute approximate surface area is 137 Å². The van der Waals surface area contributed by atoms with Crippen LogP contribution in [-0.2, 0) is 6.54 Å². The second-order valence-electron chi connectivity index (χ2n) is 4.52. The molecule has 5 heteroatoms. The number of hydrogen-bond acceptors (Lipinski definition) is 2. The van der Waals surface area contributed by atoms with Crippen LogP contribution in [-0.4, -0.2) is 10.4 Å². The molecule has 0 N–H and O–H groups in total. The summed E-state index contributed by atoms with van der Waals surface area (Å²) in [6.45, 7) is 2.39. The summed E-state index contributed by atoms with van der Waals surface area (Å²) in [6, 6.07) is 10.0. The van der Waals surface area contributed by atoms with Crippen molar-refractivity contribution in [3.63, 3.8) is 0 Å². The number of carbonyl (C=O) groups is 1. The van der Waals surface area contributed by atoms with E-state index in [1.54, 1.807) is 0 Å². The number of benzene rings is 1. The number of ketones is 1. The van der Waals surface area contributed by atoms with Crippen molar-refractivity contribution in [3.8, 4) is 0 Å². The molecule has 20 heavy (non-hydrogen) atoms. The van der Waals surface area contributed by atoms with Crippen LogP contribution in [0, 0.1) is 6.92 Å². The van der Waals surface area contributed by atoms with Gasteiger partial charge in [-0.15, -0.1) is 11.3 Å². The van der Waals surface area contributed by atoms with E-state index in [0.29, 0.717) is 6.54 Å². The van der Waals surface area contributed by atoms with Crippen molar-refractivity contribution in [2.75, 3.05) is 0 Å². The standard InChI is InChI=1S/C15H11Br2NOS/c1-9-14(17)10-4-2-3-5-12(10)18(9)8-13(19)15-11(16)6-7-20-15/h2-7H,8H2,1H3. The fraction of sp³-hybridized carbons (Fsp3) is 0.133. The van der Waals surface area contributed by atoms with Crippen LogP contribution < -0.4 is 0 Å². The first-order valence-corrected chi connectivity index (χ1v) is 8.55. The third-order valence-electron chi connectivity index (χ3n) is 3.33. The number of para-hydroxylation sites is 1. The maximum absolute atomic E-state index is 12.4. The van der Waals surface area contributed by atoms with Crippen LogP contribution >= 0.6 is 43.2 Å². The number of halogens is 2. The zero-order chi connectivity index (χ0) is 14.3. The van der Waals surface area contributed by atoms with Crippen LogP contribution in [0.2, 0.25) is 0 Å². The summed E-state index contributed by atoms with van der Waals surface area (Å²) in [7, 11) is 0. The molecule has 2 nitrogen and oxygen atoms in total. The number of hydrogen-bond donors (Lipinski definition) is 0. The minimum Gasteiger partial charge on any atom is -0.336 e. The van der Waals surface area contributed by atoms with Gasteiger partial charge in [-0.1, -0.05) is 18.2 Å². The van der Waals surface area contributed by atoms with E-state index in [4.69, 9.17) is 0 Å². The van der Waals surface area contributed by atoms with Gasteiger partial charge in [-0.25, -0.2) is 0 Å². The van der Waals surface area contributed by atoms with Crippen LogP contribution in [0.25, 0.3) is 10.9 Å². The first-order chi connectivity index (χ1) is 9.59. The van der Waals surface area contributed by atoms with Gasteiger partial charge in [0.15, 0.2) is 5.78 Å². The summed E-state index contributed by atoms with van der Waals surface area (Å²) >= 11 is 8.51. The SMILES string of the molecule is Cc1c(Br)c2ccccc2n1CC(=O)c1sccc1Br. The highest BCUT2D eigenvalue weighted by atomic mass is 79.9. The molecular weight excluding hydrogens is 402 g/mol. The van der Waals surface area contributed by atoms with Gasteiger partial charge in [-0.3, -0.25) is 4.79 Å². The predicted molar refractivity (Wildman–Crippen MR) is 90.7 cm³/mol. The molecule has 2 heterocycles. The van der Waals surface area contributed by atoms with Crippen LogP contribution in [0.4, 0.5) is 0 Å². The third-order valence-corrected chi connectivity index (χ3v) is 6.21. The van der Waals surface area contributed by atoms with Crippen molar-refractivity contribution in [1.82, 2.24) is 4.57 Å². The topological polar surface area (TPSA) is 22.0 Å². The molecule has 0 saturated heterocycles. The van der Waals surface area contributed by atoms with Crippen molar-refractivity contribution >= 4 is 59.9 Å². The lowest BCUT2D eigenvalue weighted by molar-refractivity contribution is 0.0976. The molecule has 1 aromatic carbocycles. The number of thiophene rings is 1. The molecule has 0 unspecified atom stereocenters. The number of rotatable bonds is 3. The van der Waals surface area contributed by atoms with Gasteiger partial charge in [0.05, 0.1) is 11.4 Å². The molecule has 0 atom stereocenters. The highest BCUT2D eigenvalue weighted by Gasteiger charge is 2.17. The minimum absolute atomic E-state index is 0.128. The lowest BCUT2D eigenvalue weighted by Gasteiger charge is -2.07. The lowest BCUT2D eigenvalue weighted by atomic mass is 10.2. The first kappa shape index (κ1) is 14.0. The smallest absolute Gasteiger partial charge is 0.193 e. The van der Waals surface area contributed by atoms with E-state index in [1.807, 2.05) is 36.6 Å². The van der Waals surface area contributed by atoms with Gasteiger partial charge in [0, 0.05) is 25.5 Å². The van der Waals surface area contributed by atoms with Crippen molar-refractivity contribution in [2.45, 2.75) is 13.5 Å². The van der Waals surface area contributed by atoms with Gasteiger partial charge in [-0.2, -0.15) is 0 Å². The summed E-state index contributed by atoms with van der Waals surface area (Å²) in [6.07, 6.45) is 0. The summed E-state index contributed by atoms with van der Waals surface area (Å²) in [4.78, 5) is 13.2. The second-order valence-corrected chi connectivity index (χ2v) is 7.09. The molecular formula is C15H11Br2NOS. The molecule has 3 rings (SSSR count). The molecule has 0 bridgehead atoms. The Morgan fingerprint density at radius 3 is 2.70 bits per heavy atom. The normalized spacial score (nSPS) is 11.2. The Bertz CT molecular complexity index is 803. The molecule has 0 aliphatic carbocycles. The van der Waals surface area contributed by atoms with Crippen LogP contribution in [0.15, 0.2) is 44.7 Å². The average molecular weight is 413 g/mol. The molecule has 2 aromatic heterocycles. The van der Waals surface area contributed by atoms with Crippen LogP contribution in [0.5, 0.6) is 0 Å². The Kier molecular flexibility index (Phi) is 3.84. The fourth-order valence-electron chi connectivity index (χ4n) is 2.30. The molecule has 0 fully saturated rings. The molecule has 0 spiro atoms. The Hall–Kier alpha value is -0.910. The van der Waals surface area contributed by atoms with E-state index in [9.17, 15) is 4.79 Å². The second kappa shape index (κ2) is 5.47. The molecule has 0 amide bonds. The molecule has 0 aliphatic rings. The first-order valence-electron chi connectivity index (χ1n) is 6.09. The Morgan fingerprint density at radius 2 is 2.00 bits per heavy atom. The Balaban J connectivity index is 2.06. The van der Waals surface area contributed by atoms with Crippen molar-refractivity contribution in [1.29, 1.82) is 0 Å². The van der Waals surface area contributed by atoms with Gasteiger partial charge in [0.25, 0.3) is 0 Å². The monoisotopic (exact) mass is 411 g/mol. The molecule has 3 aromatic rings. The van der Waals surface area contributed by atoms with Gasteiger partial charge in [-0.05, 0) is 56.3 Å². The molecule has 0 radical (unpaired) electrons.